The van der Waals surface area contributed by atoms with E-state index in [9.17, 15) is 10.1 Å². The largest absolute Gasteiger partial charge is 0.493 e. The highest BCUT2D eigenvalue weighted by Crippen LogP contribution is 2.30. The summed E-state index contributed by atoms with van der Waals surface area (Å²) in [6.45, 7) is 1.34. The summed E-state index contributed by atoms with van der Waals surface area (Å²) in [5.74, 6) is 1.41. The molecule has 0 aliphatic carbocycles. The number of methoxy groups -OCH3 is 2. The average Bonchev–Trinajstić information content (AvgIpc) is 3.11. The molecular weight excluding hydrogens is 326 g/mol. The van der Waals surface area contributed by atoms with Crippen molar-refractivity contribution < 1.29 is 14.4 Å². The molecule has 0 fully saturated rings. The molecule has 25 heavy (non-hydrogen) atoms. The van der Waals surface area contributed by atoms with Gasteiger partial charge in [0.25, 0.3) is 6.20 Å². The molecule has 2 aromatic rings. The molecule has 134 valence electrons. The predicted octanol–water partition coefficient (Wildman–Crippen LogP) is 2.07. The molecule has 1 heterocycles. The summed E-state index contributed by atoms with van der Waals surface area (Å²) in [5.41, 5.74) is 0.646. The lowest BCUT2D eigenvalue weighted by atomic mass is 10.2. The summed E-state index contributed by atoms with van der Waals surface area (Å²) in [6, 6.07) is 5.19. The smallest absolute Gasteiger partial charge is 0.274 e. The van der Waals surface area contributed by atoms with Crippen molar-refractivity contribution in [3.8, 4) is 11.5 Å². The number of aromatic nitrogens is 2. The molecule has 9 heteroatoms. The van der Waals surface area contributed by atoms with Crippen molar-refractivity contribution in [2.45, 2.75) is 13.0 Å². The van der Waals surface area contributed by atoms with Gasteiger partial charge in [-0.1, -0.05) is 0 Å². The molecule has 0 aliphatic rings. The molecule has 0 bridgehead atoms. The van der Waals surface area contributed by atoms with Gasteiger partial charge in [-0.2, -0.15) is 0 Å². The molecule has 0 radical (unpaired) electrons. The van der Waals surface area contributed by atoms with Crippen molar-refractivity contribution in [3.63, 3.8) is 0 Å². The van der Waals surface area contributed by atoms with E-state index in [0.717, 1.165) is 19.2 Å². The highest BCUT2D eigenvalue weighted by Gasteiger charge is 2.08. The molecule has 2 rings (SSSR count). The molecule has 1 aromatic carbocycles. The van der Waals surface area contributed by atoms with Gasteiger partial charge in [0.1, 0.15) is 0 Å². The zero-order valence-corrected chi connectivity index (χ0v) is 14.1. The molecule has 1 aromatic heterocycles. The van der Waals surface area contributed by atoms with Crippen molar-refractivity contribution in [3.05, 3.63) is 59.1 Å². The summed E-state index contributed by atoms with van der Waals surface area (Å²) in [4.78, 5) is 14.3. The van der Waals surface area contributed by atoms with Gasteiger partial charge < -0.3 is 24.7 Å². The van der Waals surface area contributed by atoms with Crippen LogP contribution in [0.5, 0.6) is 11.5 Å². The minimum Gasteiger partial charge on any atom is -0.493 e. The van der Waals surface area contributed by atoms with Gasteiger partial charge in [0.05, 0.1) is 25.5 Å². The van der Waals surface area contributed by atoms with Gasteiger partial charge in [0.2, 0.25) is 0 Å². The molecule has 0 spiro atoms. The van der Waals surface area contributed by atoms with E-state index in [4.69, 9.17) is 9.47 Å². The first-order chi connectivity index (χ1) is 12.1. The van der Waals surface area contributed by atoms with Gasteiger partial charge in [0.15, 0.2) is 17.3 Å². The number of hydrogen-bond donors (Lipinski definition) is 2. The fraction of sp³-hybridized carbons (Fsp3) is 0.312. The molecule has 0 saturated carbocycles. The van der Waals surface area contributed by atoms with E-state index in [1.807, 2.05) is 10.8 Å². The van der Waals surface area contributed by atoms with Crippen LogP contribution in [0.4, 0.5) is 5.69 Å². The average molecular weight is 347 g/mol. The first kappa shape index (κ1) is 18.1. The summed E-state index contributed by atoms with van der Waals surface area (Å²) < 4.78 is 12.4. The lowest BCUT2D eigenvalue weighted by molar-refractivity contribution is -0.403. The van der Waals surface area contributed by atoms with E-state index >= 15 is 0 Å². The fourth-order valence-corrected chi connectivity index (χ4v) is 2.20. The van der Waals surface area contributed by atoms with Crippen LogP contribution in [0.1, 0.15) is 6.42 Å². The van der Waals surface area contributed by atoms with E-state index in [-0.39, 0.29) is 0 Å². The first-order valence-corrected chi connectivity index (χ1v) is 7.66. The Morgan fingerprint density at radius 3 is 2.80 bits per heavy atom. The van der Waals surface area contributed by atoms with E-state index < -0.39 is 4.92 Å². The van der Waals surface area contributed by atoms with E-state index in [0.29, 0.717) is 29.6 Å². The standard InChI is InChI=1S/C16H21N5O4/c1-24-14-5-4-13(10-15(14)25-2)19-16(11-21(22)23)18-6-3-8-20-9-7-17-12-20/h4-5,7,9-12,18-19H,3,6,8H2,1-2H3. The molecular formula is C16H21N5O4. The maximum Gasteiger partial charge on any atom is 0.274 e. The predicted molar refractivity (Wildman–Crippen MR) is 93.1 cm³/mol. The van der Waals surface area contributed by atoms with Crippen molar-refractivity contribution in [2.75, 3.05) is 26.1 Å². The third-order valence-corrected chi connectivity index (χ3v) is 3.36. The van der Waals surface area contributed by atoms with Crippen molar-refractivity contribution in [2.24, 2.45) is 0 Å². The van der Waals surface area contributed by atoms with Gasteiger partial charge in [-0.3, -0.25) is 10.1 Å². The summed E-state index contributed by atoms with van der Waals surface area (Å²) in [5, 5.41) is 16.8. The maximum absolute atomic E-state index is 10.8. The quantitative estimate of drug-likeness (QED) is 0.385. The van der Waals surface area contributed by atoms with Gasteiger partial charge in [-0.25, -0.2) is 4.98 Å². The normalized spacial score (nSPS) is 11.0. The van der Waals surface area contributed by atoms with Crippen LogP contribution in [-0.2, 0) is 6.54 Å². The van der Waals surface area contributed by atoms with Crippen molar-refractivity contribution >= 4 is 5.69 Å². The Bertz CT molecular complexity index is 715. The molecule has 0 unspecified atom stereocenters. The molecule has 2 N–H and O–H groups in total. The highest BCUT2D eigenvalue weighted by molar-refractivity contribution is 5.56. The summed E-state index contributed by atoms with van der Waals surface area (Å²) in [6.07, 6.45) is 7.00. The number of nitrogens with zero attached hydrogens (tertiary/aromatic N) is 3. The van der Waals surface area contributed by atoms with E-state index in [1.54, 1.807) is 37.8 Å². The second-order valence-electron chi connectivity index (χ2n) is 5.10. The summed E-state index contributed by atoms with van der Waals surface area (Å²) in [7, 11) is 3.08. The molecule has 9 nitrogen and oxygen atoms in total. The number of imidazole rings is 1. The Morgan fingerprint density at radius 2 is 2.16 bits per heavy atom. The third-order valence-electron chi connectivity index (χ3n) is 3.36. The van der Waals surface area contributed by atoms with Crippen LogP contribution in [-0.4, -0.2) is 35.2 Å². The van der Waals surface area contributed by atoms with Crippen LogP contribution in [0.25, 0.3) is 0 Å². The minimum atomic E-state index is -0.508. The van der Waals surface area contributed by atoms with E-state index in [1.165, 1.54) is 7.11 Å². The van der Waals surface area contributed by atoms with Crippen LogP contribution < -0.4 is 20.1 Å². The Kier molecular flexibility index (Phi) is 6.64. The number of nitro groups is 1. The molecule has 0 saturated heterocycles. The second-order valence-corrected chi connectivity index (χ2v) is 5.10. The highest BCUT2D eigenvalue weighted by atomic mass is 16.6. The van der Waals surface area contributed by atoms with Gasteiger partial charge in [-0.05, 0) is 18.6 Å². The van der Waals surface area contributed by atoms with Crippen LogP contribution in [0.3, 0.4) is 0 Å². The number of anilines is 1. The summed E-state index contributed by atoms with van der Waals surface area (Å²) >= 11 is 0. The SMILES string of the molecule is COc1ccc(NC(=C[N+](=O)[O-])NCCCn2ccnc2)cc1OC. The van der Waals surface area contributed by atoms with Crippen LogP contribution in [0.15, 0.2) is 48.9 Å². The van der Waals surface area contributed by atoms with Gasteiger partial charge >= 0.3 is 0 Å². The number of aryl methyl sites for hydroxylation is 1. The first-order valence-electron chi connectivity index (χ1n) is 7.66. The Labute approximate surface area is 145 Å². The van der Waals surface area contributed by atoms with Gasteiger partial charge in [-0.15, -0.1) is 0 Å². The van der Waals surface area contributed by atoms with Crippen LogP contribution >= 0.6 is 0 Å². The van der Waals surface area contributed by atoms with Crippen molar-refractivity contribution in [1.82, 2.24) is 14.9 Å². The minimum absolute atomic E-state index is 0.294. The number of nitrogens with one attached hydrogen (secondary N) is 2. The lowest BCUT2D eigenvalue weighted by Crippen LogP contribution is -2.22. The Hall–Kier alpha value is -3.23. The van der Waals surface area contributed by atoms with E-state index in [2.05, 4.69) is 15.6 Å². The molecule has 0 aliphatic heterocycles. The van der Waals surface area contributed by atoms with Crippen LogP contribution in [0.2, 0.25) is 0 Å². The number of benzene rings is 1. The number of ether oxygens (including phenoxy) is 2. The third kappa shape index (κ3) is 5.72. The van der Waals surface area contributed by atoms with Crippen molar-refractivity contribution in [1.29, 1.82) is 0 Å². The monoisotopic (exact) mass is 347 g/mol. The topological polar surface area (TPSA) is 103 Å². The second kappa shape index (κ2) is 9.16. The Morgan fingerprint density at radius 1 is 1.36 bits per heavy atom. The Balaban J connectivity index is 1.96. The number of hydrogen-bond acceptors (Lipinski definition) is 7. The lowest BCUT2D eigenvalue weighted by Gasteiger charge is -2.14. The maximum atomic E-state index is 10.8. The zero-order chi connectivity index (χ0) is 18.1. The fourth-order valence-electron chi connectivity index (χ4n) is 2.20. The zero-order valence-electron chi connectivity index (χ0n) is 14.1. The molecule has 0 amide bonds. The number of rotatable bonds is 10. The molecule has 0 atom stereocenters. The van der Waals surface area contributed by atoms with Crippen LogP contribution in [0, 0.1) is 10.1 Å². The van der Waals surface area contributed by atoms with Gasteiger partial charge in [0, 0.05) is 37.2 Å².